The van der Waals surface area contributed by atoms with Crippen molar-refractivity contribution in [2.45, 2.75) is 125 Å². The fourth-order valence-electron chi connectivity index (χ4n) is 4.37. The molecule has 1 unspecified atom stereocenters. The van der Waals surface area contributed by atoms with E-state index in [9.17, 15) is 4.79 Å². The van der Waals surface area contributed by atoms with Crippen molar-refractivity contribution in [3.63, 3.8) is 0 Å². The van der Waals surface area contributed by atoms with Gasteiger partial charge in [0.1, 0.15) is 0 Å². The Labute approximate surface area is 229 Å². The molecule has 0 aromatic carbocycles. The highest BCUT2D eigenvalue weighted by molar-refractivity contribution is 5.69. The van der Waals surface area contributed by atoms with Crippen LogP contribution in [0.25, 0.3) is 0 Å². The van der Waals surface area contributed by atoms with Crippen LogP contribution in [0.2, 0.25) is 0 Å². The summed E-state index contributed by atoms with van der Waals surface area (Å²) >= 11 is 0. The molecule has 0 rings (SSSR count). The van der Waals surface area contributed by atoms with Crippen LogP contribution in [0.4, 0.5) is 0 Å². The average molecular weight is 531 g/mol. The summed E-state index contributed by atoms with van der Waals surface area (Å²) in [5.74, 6) is 0.432. The highest BCUT2D eigenvalue weighted by atomic mass is 16.6. The molecule has 0 aliphatic heterocycles. The Morgan fingerprint density at radius 1 is 0.595 bits per heavy atom. The largest absolute Gasteiger partial charge is 0.466 e. The minimum atomic E-state index is -0.132. The van der Waals surface area contributed by atoms with Gasteiger partial charge in [0.2, 0.25) is 0 Å². The second kappa shape index (κ2) is 26.9. The minimum Gasteiger partial charge on any atom is -0.466 e. The third-order valence-electron chi connectivity index (χ3n) is 6.26. The molecular weight excluding hydrogens is 468 g/mol. The molecule has 0 spiro atoms. The van der Waals surface area contributed by atoms with E-state index in [1.807, 2.05) is 0 Å². The molecule has 0 aliphatic carbocycles. The quantitative estimate of drug-likeness (QED) is 0.0761. The monoisotopic (exact) mass is 530 g/mol. The molecule has 0 fully saturated rings. The van der Waals surface area contributed by atoms with Gasteiger partial charge in [-0.1, -0.05) is 92.4 Å². The Kier molecular flexibility index (Phi) is 26.4. The average Bonchev–Trinajstić information content (AvgIpc) is 2.83. The van der Waals surface area contributed by atoms with Crippen LogP contribution < -0.4 is 0 Å². The Morgan fingerprint density at radius 2 is 1.03 bits per heavy atom. The van der Waals surface area contributed by atoms with Gasteiger partial charge in [0.15, 0.2) is 0 Å². The second-order valence-corrected chi connectivity index (χ2v) is 11.6. The number of carbonyl (C=O) groups excluding carboxylic acids is 1. The van der Waals surface area contributed by atoms with Gasteiger partial charge >= 0.3 is 5.97 Å². The maximum Gasteiger partial charge on any atom is 0.305 e. The highest BCUT2D eigenvalue weighted by Crippen LogP contribution is 2.25. The molecule has 222 valence electrons. The normalized spacial score (nSPS) is 12.7. The molecule has 0 aromatic rings. The summed E-state index contributed by atoms with van der Waals surface area (Å²) in [5, 5.41) is 0. The van der Waals surface area contributed by atoms with Crippen molar-refractivity contribution in [2.24, 2.45) is 11.3 Å². The van der Waals surface area contributed by atoms with E-state index in [0.717, 1.165) is 25.9 Å². The number of hydrogen-bond donors (Lipinski definition) is 0. The van der Waals surface area contributed by atoms with Crippen LogP contribution in [0.5, 0.6) is 0 Å². The lowest BCUT2D eigenvalue weighted by Crippen LogP contribution is -2.14. The van der Waals surface area contributed by atoms with Crippen molar-refractivity contribution >= 4 is 5.97 Å². The molecule has 0 saturated heterocycles. The Balaban J connectivity index is 3.19. The SMILES string of the molecule is CCCCCCCCCCCCOCCOCCOCCOCCCC(=O)OCCC(C)CC(C)(C)C. The van der Waals surface area contributed by atoms with Gasteiger partial charge in [-0.15, -0.1) is 0 Å². The summed E-state index contributed by atoms with van der Waals surface area (Å²) in [4.78, 5) is 11.8. The van der Waals surface area contributed by atoms with E-state index in [1.54, 1.807) is 0 Å². The highest BCUT2D eigenvalue weighted by Gasteiger charge is 2.15. The molecule has 6 heteroatoms. The summed E-state index contributed by atoms with van der Waals surface area (Å²) in [6, 6.07) is 0. The van der Waals surface area contributed by atoms with Crippen molar-refractivity contribution in [1.29, 1.82) is 0 Å². The van der Waals surface area contributed by atoms with E-state index in [-0.39, 0.29) is 5.97 Å². The van der Waals surface area contributed by atoms with Crippen molar-refractivity contribution in [3.8, 4) is 0 Å². The topological polar surface area (TPSA) is 63.2 Å². The standard InChI is InChI=1S/C31H62O6/c1-6-7-8-9-10-11-12-13-14-15-19-33-22-24-35-26-27-36-25-23-34-20-16-17-30(32)37-21-18-29(2)28-31(3,4)5/h29H,6-28H2,1-5H3. The van der Waals surface area contributed by atoms with Crippen LogP contribution in [0.3, 0.4) is 0 Å². The molecular formula is C31H62O6. The molecule has 37 heavy (non-hydrogen) atoms. The molecule has 0 aromatic heterocycles. The third kappa shape index (κ3) is 31.4. The first-order valence-electron chi connectivity index (χ1n) is 15.3. The molecule has 0 amide bonds. The maximum atomic E-state index is 11.8. The summed E-state index contributed by atoms with van der Waals surface area (Å²) in [7, 11) is 0. The third-order valence-corrected chi connectivity index (χ3v) is 6.26. The molecule has 0 N–H and O–H groups in total. The van der Waals surface area contributed by atoms with E-state index in [4.69, 9.17) is 23.7 Å². The van der Waals surface area contributed by atoms with E-state index in [2.05, 4.69) is 34.6 Å². The summed E-state index contributed by atoms with van der Waals surface area (Å²) in [6.45, 7) is 16.6. The molecule has 0 saturated carbocycles. The zero-order valence-corrected chi connectivity index (χ0v) is 25.3. The molecule has 0 bridgehead atoms. The number of rotatable bonds is 28. The smallest absolute Gasteiger partial charge is 0.305 e. The Hall–Kier alpha value is -0.690. The molecule has 6 nitrogen and oxygen atoms in total. The maximum absolute atomic E-state index is 11.8. The molecule has 0 radical (unpaired) electrons. The van der Waals surface area contributed by atoms with Gasteiger partial charge in [0.25, 0.3) is 0 Å². The van der Waals surface area contributed by atoms with E-state index >= 15 is 0 Å². The lowest BCUT2D eigenvalue weighted by atomic mass is 9.84. The van der Waals surface area contributed by atoms with Gasteiger partial charge in [-0.05, 0) is 37.0 Å². The van der Waals surface area contributed by atoms with Crippen LogP contribution in [0.1, 0.15) is 125 Å². The van der Waals surface area contributed by atoms with Crippen LogP contribution in [0.15, 0.2) is 0 Å². The zero-order chi connectivity index (χ0) is 27.5. The van der Waals surface area contributed by atoms with Gasteiger partial charge in [-0.3, -0.25) is 4.79 Å². The van der Waals surface area contributed by atoms with E-state index in [0.29, 0.717) is 77.0 Å². The van der Waals surface area contributed by atoms with Gasteiger partial charge in [-0.25, -0.2) is 0 Å². The lowest BCUT2D eigenvalue weighted by Gasteiger charge is -2.22. The van der Waals surface area contributed by atoms with Crippen molar-refractivity contribution in [1.82, 2.24) is 0 Å². The van der Waals surface area contributed by atoms with E-state index < -0.39 is 0 Å². The van der Waals surface area contributed by atoms with Crippen LogP contribution >= 0.6 is 0 Å². The molecule has 0 heterocycles. The lowest BCUT2D eigenvalue weighted by molar-refractivity contribution is -0.144. The first-order valence-corrected chi connectivity index (χ1v) is 15.3. The summed E-state index contributed by atoms with van der Waals surface area (Å²) < 4.78 is 27.5. The molecule has 0 aliphatic rings. The van der Waals surface area contributed by atoms with Crippen molar-refractivity contribution in [2.75, 3.05) is 59.5 Å². The number of hydrogen-bond acceptors (Lipinski definition) is 6. The van der Waals surface area contributed by atoms with Crippen molar-refractivity contribution < 1.29 is 28.5 Å². The van der Waals surface area contributed by atoms with Crippen molar-refractivity contribution in [3.05, 3.63) is 0 Å². The van der Waals surface area contributed by atoms with Crippen LogP contribution in [-0.4, -0.2) is 65.4 Å². The second-order valence-electron chi connectivity index (χ2n) is 11.6. The number of unbranched alkanes of at least 4 members (excludes halogenated alkanes) is 9. The zero-order valence-electron chi connectivity index (χ0n) is 25.3. The summed E-state index contributed by atoms with van der Waals surface area (Å²) in [6.07, 6.45) is 16.6. The van der Waals surface area contributed by atoms with Gasteiger partial charge in [0.05, 0.1) is 46.2 Å². The van der Waals surface area contributed by atoms with Gasteiger partial charge in [0, 0.05) is 19.6 Å². The number of esters is 1. The fourth-order valence-corrected chi connectivity index (χ4v) is 4.37. The van der Waals surface area contributed by atoms with Crippen LogP contribution in [-0.2, 0) is 28.5 Å². The fraction of sp³-hybridized carbons (Fsp3) is 0.968. The first kappa shape index (κ1) is 36.3. The predicted octanol–water partition coefficient (Wildman–Crippen LogP) is 7.76. The Morgan fingerprint density at radius 3 is 1.51 bits per heavy atom. The first-order chi connectivity index (χ1) is 17.8. The Bertz CT molecular complexity index is 477. The van der Waals surface area contributed by atoms with Crippen LogP contribution in [0, 0.1) is 11.3 Å². The van der Waals surface area contributed by atoms with E-state index in [1.165, 1.54) is 57.8 Å². The molecule has 1 atom stereocenters. The minimum absolute atomic E-state index is 0.132. The predicted molar refractivity (Wildman–Crippen MR) is 153 cm³/mol. The van der Waals surface area contributed by atoms with Gasteiger partial charge < -0.3 is 23.7 Å². The number of carbonyl (C=O) groups is 1. The van der Waals surface area contributed by atoms with Gasteiger partial charge in [-0.2, -0.15) is 0 Å². The summed E-state index contributed by atoms with van der Waals surface area (Å²) in [5.41, 5.74) is 0.318. The number of ether oxygens (including phenoxy) is 5.